The highest BCUT2D eigenvalue weighted by Gasteiger charge is 2.34. The molecule has 100 valence electrons. The first-order valence-electron chi connectivity index (χ1n) is 7.74. The number of ether oxygens (including phenoxy) is 1. The summed E-state index contributed by atoms with van der Waals surface area (Å²) in [7, 11) is 0. The fraction of sp³-hybridized carbons (Fsp3) is 1.00. The van der Waals surface area contributed by atoms with Crippen molar-refractivity contribution >= 4 is 0 Å². The Bertz CT molecular complexity index is 199. The van der Waals surface area contributed by atoms with Crippen LogP contribution in [0.4, 0.5) is 0 Å². The van der Waals surface area contributed by atoms with Gasteiger partial charge in [0.25, 0.3) is 0 Å². The van der Waals surface area contributed by atoms with Crippen molar-refractivity contribution in [3.63, 3.8) is 0 Å². The summed E-state index contributed by atoms with van der Waals surface area (Å²) >= 11 is 0. The van der Waals surface area contributed by atoms with Gasteiger partial charge >= 0.3 is 0 Å². The van der Waals surface area contributed by atoms with Crippen LogP contribution in [-0.4, -0.2) is 25.8 Å². The molecule has 1 saturated heterocycles. The lowest BCUT2D eigenvalue weighted by atomic mass is 9.86. The van der Waals surface area contributed by atoms with Crippen molar-refractivity contribution in [2.45, 2.75) is 64.4 Å². The van der Waals surface area contributed by atoms with Gasteiger partial charge in [0, 0.05) is 19.1 Å². The third-order valence-corrected chi connectivity index (χ3v) is 4.46. The number of nitrogens with one attached hydrogen (secondary N) is 1. The maximum Gasteiger partial charge on any atom is 0.0644 e. The normalized spacial score (nSPS) is 31.6. The number of hydrogen-bond acceptors (Lipinski definition) is 2. The van der Waals surface area contributed by atoms with Crippen molar-refractivity contribution in [2.24, 2.45) is 11.8 Å². The maximum absolute atomic E-state index is 6.05. The first-order valence-corrected chi connectivity index (χ1v) is 7.74. The molecule has 0 amide bonds. The van der Waals surface area contributed by atoms with E-state index < -0.39 is 0 Å². The van der Waals surface area contributed by atoms with Crippen LogP contribution in [-0.2, 0) is 4.74 Å². The van der Waals surface area contributed by atoms with Gasteiger partial charge in [-0.3, -0.25) is 0 Å². The summed E-state index contributed by atoms with van der Waals surface area (Å²) in [5.41, 5.74) is 0. The molecule has 0 aromatic carbocycles. The summed E-state index contributed by atoms with van der Waals surface area (Å²) in [5, 5.41) is 3.58. The Morgan fingerprint density at radius 2 is 1.82 bits per heavy atom. The van der Waals surface area contributed by atoms with E-state index in [1.54, 1.807) is 0 Å². The Kier molecular flexibility index (Phi) is 5.79. The summed E-state index contributed by atoms with van der Waals surface area (Å²) in [5.74, 6) is 1.64. The van der Waals surface area contributed by atoms with Crippen molar-refractivity contribution in [1.82, 2.24) is 5.32 Å². The molecule has 2 heteroatoms. The lowest BCUT2D eigenvalue weighted by Gasteiger charge is -2.27. The predicted molar refractivity (Wildman–Crippen MR) is 72.2 cm³/mol. The lowest BCUT2D eigenvalue weighted by molar-refractivity contribution is 0.0355. The van der Waals surface area contributed by atoms with E-state index >= 15 is 0 Å². The predicted octanol–water partition coefficient (Wildman–Crippen LogP) is 3.36. The zero-order valence-electron chi connectivity index (χ0n) is 11.4. The SMILES string of the molecule is CCCNCC1CCOC1C1CCCCCC1. The first kappa shape index (κ1) is 13.4. The monoisotopic (exact) mass is 239 g/mol. The molecular weight excluding hydrogens is 210 g/mol. The van der Waals surface area contributed by atoms with Crippen LogP contribution in [0, 0.1) is 11.8 Å². The van der Waals surface area contributed by atoms with E-state index in [4.69, 9.17) is 4.74 Å². The van der Waals surface area contributed by atoms with Gasteiger partial charge in [-0.2, -0.15) is 0 Å². The van der Waals surface area contributed by atoms with E-state index in [9.17, 15) is 0 Å². The Balaban J connectivity index is 1.80. The summed E-state index contributed by atoms with van der Waals surface area (Å²) < 4.78 is 6.05. The van der Waals surface area contributed by atoms with Crippen molar-refractivity contribution < 1.29 is 4.74 Å². The van der Waals surface area contributed by atoms with Gasteiger partial charge in [0.05, 0.1) is 6.10 Å². The van der Waals surface area contributed by atoms with Gasteiger partial charge in [-0.1, -0.05) is 32.6 Å². The molecule has 2 atom stereocenters. The highest BCUT2D eigenvalue weighted by molar-refractivity contribution is 4.84. The van der Waals surface area contributed by atoms with Crippen LogP contribution in [0.15, 0.2) is 0 Å². The summed E-state index contributed by atoms with van der Waals surface area (Å²) in [4.78, 5) is 0. The number of hydrogen-bond donors (Lipinski definition) is 1. The lowest BCUT2D eigenvalue weighted by Crippen LogP contribution is -2.33. The average Bonchev–Trinajstić information content (AvgIpc) is 2.63. The minimum Gasteiger partial charge on any atom is -0.378 e. The van der Waals surface area contributed by atoms with Gasteiger partial charge < -0.3 is 10.1 Å². The molecule has 0 bridgehead atoms. The number of rotatable bonds is 5. The standard InChI is InChI=1S/C15H29NO/c1-2-10-16-12-14-9-11-17-15(14)13-7-5-3-4-6-8-13/h13-16H,2-12H2,1H3. The summed E-state index contributed by atoms with van der Waals surface area (Å²) in [6.45, 7) is 5.57. The molecule has 1 heterocycles. The van der Waals surface area contributed by atoms with Crippen molar-refractivity contribution in [1.29, 1.82) is 0 Å². The van der Waals surface area contributed by atoms with E-state index in [-0.39, 0.29) is 0 Å². The van der Waals surface area contributed by atoms with Crippen LogP contribution in [0.3, 0.4) is 0 Å². The average molecular weight is 239 g/mol. The highest BCUT2D eigenvalue weighted by atomic mass is 16.5. The Hall–Kier alpha value is -0.0800. The summed E-state index contributed by atoms with van der Waals surface area (Å²) in [6, 6.07) is 0. The molecule has 17 heavy (non-hydrogen) atoms. The van der Waals surface area contributed by atoms with E-state index in [0.29, 0.717) is 6.10 Å². The fourth-order valence-electron chi connectivity index (χ4n) is 3.50. The third-order valence-electron chi connectivity index (χ3n) is 4.46. The molecule has 0 radical (unpaired) electrons. The topological polar surface area (TPSA) is 21.3 Å². The molecule has 2 nitrogen and oxygen atoms in total. The largest absolute Gasteiger partial charge is 0.378 e. The van der Waals surface area contributed by atoms with Gasteiger partial charge in [-0.05, 0) is 38.1 Å². The van der Waals surface area contributed by atoms with Crippen molar-refractivity contribution in [3.8, 4) is 0 Å². The van der Waals surface area contributed by atoms with Crippen molar-refractivity contribution in [3.05, 3.63) is 0 Å². The van der Waals surface area contributed by atoms with Crippen LogP contribution < -0.4 is 5.32 Å². The third kappa shape index (κ3) is 3.96. The second kappa shape index (κ2) is 7.38. The first-order chi connectivity index (χ1) is 8.42. The highest BCUT2D eigenvalue weighted by Crippen LogP contribution is 2.34. The second-order valence-electron chi connectivity index (χ2n) is 5.84. The van der Waals surface area contributed by atoms with Gasteiger partial charge in [-0.15, -0.1) is 0 Å². The molecule has 1 N–H and O–H groups in total. The molecule has 2 fully saturated rings. The van der Waals surface area contributed by atoms with Crippen LogP contribution in [0.25, 0.3) is 0 Å². The molecule has 2 unspecified atom stereocenters. The molecule has 2 rings (SSSR count). The second-order valence-corrected chi connectivity index (χ2v) is 5.84. The molecule has 1 aliphatic carbocycles. The maximum atomic E-state index is 6.05. The zero-order chi connectivity index (χ0) is 11.9. The van der Waals surface area contributed by atoms with Crippen LogP contribution in [0.2, 0.25) is 0 Å². The Morgan fingerprint density at radius 1 is 1.06 bits per heavy atom. The van der Waals surface area contributed by atoms with E-state index in [0.717, 1.165) is 25.0 Å². The van der Waals surface area contributed by atoms with E-state index in [1.807, 2.05) is 0 Å². The van der Waals surface area contributed by atoms with Crippen LogP contribution in [0.1, 0.15) is 58.3 Å². The smallest absolute Gasteiger partial charge is 0.0644 e. The van der Waals surface area contributed by atoms with Crippen LogP contribution in [0.5, 0.6) is 0 Å². The summed E-state index contributed by atoms with van der Waals surface area (Å²) in [6.07, 6.45) is 11.7. The Morgan fingerprint density at radius 3 is 2.53 bits per heavy atom. The minimum atomic E-state index is 0.567. The van der Waals surface area contributed by atoms with E-state index in [1.165, 1.54) is 57.9 Å². The molecule has 2 aliphatic rings. The molecule has 1 saturated carbocycles. The molecular formula is C15H29NO. The van der Waals surface area contributed by atoms with Crippen LogP contribution >= 0.6 is 0 Å². The molecule has 0 aromatic heterocycles. The minimum absolute atomic E-state index is 0.567. The van der Waals surface area contributed by atoms with Gasteiger partial charge in [0.15, 0.2) is 0 Å². The van der Waals surface area contributed by atoms with Gasteiger partial charge in [-0.25, -0.2) is 0 Å². The zero-order valence-corrected chi connectivity index (χ0v) is 11.4. The quantitative estimate of drug-likeness (QED) is 0.587. The van der Waals surface area contributed by atoms with Crippen molar-refractivity contribution in [2.75, 3.05) is 19.7 Å². The van der Waals surface area contributed by atoms with E-state index in [2.05, 4.69) is 12.2 Å². The molecule has 0 aromatic rings. The van der Waals surface area contributed by atoms with Gasteiger partial charge in [0.1, 0.15) is 0 Å². The Labute approximate surface area is 107 Å². The fourth-order valence-corrected chi connectivity index (χ4v) is 3.50. The van der Waals surface area contributed by atoms with Gasteiger partial charge in [0.2, 0.25) is 0 Å². The molecule has 0 spiro atoms. The molecule has 1 aliphatic heterocycles.